The Labute approximate surface area is 167 Å². The molecular weight excluding hydrogens is 381 g/mol. The zero-order chi connectivity index (χ0) is 19.8. The molecule has 1 atom stereocenters. The highest BCUT2D eigenvalue weighted by molar-refractivity contribution is 7.99. The van der Waals surface area contributed by atoms with E-state index in [1.807, 2.05) is 12.1 Å². The van der Waals surface area contributed by atoms with Crippen LogP contribution in [-0.2, 0) is 20.8 Å². The topological polar surface area (TPSA) is 64.6 Å². The van der Waals surface area contributed by atoms with Gasteiger partial charge in [0, 0.05) is 23.8 Å². The van der Waals surface area contributed by atoms with Gasteiger partial charge >= 0.3 is 5.97 Å². The third-order valence-corrected chi connectivity index (χ3v) is 5.50. The van der Waals surface area contributed by atoms with E-state index in [9.17, 15) is 14.0 Å². The highest BCUT2D eigenvalue weighted by Crippen LogP contribution is 2.27. The summed E-state index contributed by atoms with van der Waals surface area (Å²) >= 11 is 1.56. The smallest absolute Gasteiger partial charge is 0.339 e. The number of nitrogens with one attached hydrogen (secondary N) is 1. The first-order chi connectivity index (χ1) is 13.6. The van der Waals surface area contributed by atoms with Crippen LogP contribution in [0.1, 0.15) is 28.8 Å². The van der Waals surface area contributed by atoms with Gasteiger partial charge in [0.25, 0.3) is 5.91 Å². The summed E-state index contributed by atoms with van der Waals surface area (Å²) in [6.07, 6.45) is 2.32. The second kappa shape index (κ2) is 10.2. The van der Waals surface area contributed by atoms with Crippen molar-refractivity contribution in [2.24, 2.45) is 0 Å². The zero-order valence-electron chi connectivity index (χ0n) is 15.4. The first-order valence-electron chi connectivity index (χ1n) is 9.13. The van der Waals surface area contributed by atoms with Crippen LogP contribution in [-0.4, -0.2) is 36.9 Å². The average molecular weight is 403 g/mol. The van der Waals surface area contributed by atoms with Gasteiger partial charge in [0.15, 0.2) is 6.61 Å². The van der Waals surface area contributed by atoms with Crippen molar-refractivity contribution in [2.75, 3.05) is 19.0 Å². The second-order valence-electron chi connectivity index (χ2n) is 6.42. The number of rotatable bonds is 8. The number of carbonyl (C=O) groups excluding carboxylic acids is 2. The minimum absolute atomic E-state index is 0.214. The van der Waals surface area contributed by atoms with Crippen LogP contribution in [0.2, 0.25) is 0 Å². The summed E-state index contributed by atoms with van der Waals surface area (Å²) in [5.74, 6) is -0.503. The normalized spacial score (nSPS) is 16.0. The van der Waals surface area contributed by atoms with Crippen molar-refractivity contribution < 1.29 is 23.5 Å². The van der Waals surface area contributed by atoms with Gasteiger partial charge in [-0.15, -0.1) is 11.8 Å². The molecule has 1 aliphatic heterocycles. The van der Waals surface area contributed by atoms with Gasteiger partial charge in [0.2, 0.25) is 0 Å². The van der Waals surface area contributed by atoms with Gasteiger partial charge in [-0.25, -0.2) is 9.18 Å². The number of carbonyl (C=O) groups is 2. The first kappa shape index (κ1) is 20.4. The molecule has 1 N–H and O–H groups in total. The summed E-state index contributed by atoms with van der Waals surface area (Å²) in [6.45, 7) is 0.664. The molecule has 1 heterocycles. The fourth-order valence-corrected chi connectivity index (χ4v) is 3.89. The average Bonchev–Trinajstić information content (AvgIpc) is 3.24. The molecule has 7 heteroatoms. The lowest BCUT2D eigenvalue weighted by atomic mass is 10.2. The van der Waals surface area contributed by atoms with Gasteiger partial charge in [0.05, 0.1) is 11.7 Å². The zero-order valence-corrected chi connectivity index (χ0v) is 16.2. The number of hydrogen-bond acceptors (Lipinski definition) is 5. The van der Waals surface area contributed by atoms with E-state index in [2.05, 4.69) is 5.32 Å². The Morgan fingerprint density at radius 1 is 1.18 bits per heavy atom. The number of thioether (sulfide) groups is 1. The summed E-state index contributed by atoms with van der Waals surface area (Å²) in [5, 5.41) is 2.64. The van der Waals surface area contributed by atoms with E-state index in [0.29, 0.717) is 5.56 Å². The van der Waals surface area contributed by atoms with Crippen LogP contribution in [0.5, 0.6) is 0 Å². The molecule has 28 heavy (non-hydrogen) atoms. The largest absolute Gasteiger partial charge is 0.452 e. The van der Waals surface area contributed by atoms with Crippen molar-refractivity contribution in [1.82, 2.24) is 5.32 Å². The van der Waals surface area contributed by atoms with Crippen LogP contribution in [0, 0.1) is 5.82 Å². The number of hydrogen-bond donors (Lipinski definition) is 1. The second-order valence-corrected chi connectivity index (χ2v) is 7.48. The van der Waals surface area contributed by atoms with Crippen molar-refractivity contribution in [3.8, 4) is 0 Å². The SMILES string of the molecule is O=C(COC(=O)c1ccccc1SC[C@H]1CCCO1)NCc1ccc(F)cc1. The van der Waals surface area contributed by atoms with Gasteiger partial charge in [-0.3, -0.25) is 4.79 Å². The molecule has 0 saturated carbocycles. The molecule has 0 spiro atoms. The van der Waals surface area contributed by atoms with Crippen molar-refractivity contribution >= 4 is 23.6 Å². The van der Waals surface area contributed by atoms with Gasteiger partial charge in [-0.05, 0) is 42.7 Å². The molecule has 2 aromatic rings. The van der Waals surface area contributed by atoms with E-state index >= 15 is 0 Å². The molecule has 1 aliphatic rings. The lowest BCUT2D eigenvalue weighted by molar-refractivity contribution is -0.124. The number of benzene rings is 2. The molecular formula is C21H22FNO4S. The molecule has 0 bridgehead atoms. The number of halogens is 1. The number of ether oxygens (including phenoxy) is 2. The predicted molar refractivity (Wildman–Crippen MR) is 105 cm³/mol. The Bertz CT molecular complexity index is 806. The Morgan fingerprint density at radius 2 is 1.96 bits per heavy atom. The van der Waals surface area contributed by atoms with E-state index in [1.165, 1.54) is 12.1 Å². The Kier molecular flexibility index (Phi) is 7.45. The summed E-state index contributed by atoms with van der Waals surface area (Å²) in [5.41, 5.74) is 1.20. The lowest BCUT2D eigenvalue weighted by Crippen LogP contribution is -2.28. The summed E-state index contributed by atoms with van der Waals surface area (Å²) in [4.78, 5) is 25.1. The van der Waals surface area contributed by atoms with Crippen LogP contribution in [0.25, 0.3) is 0 Å². The monoisotopic (exact) mass is 403 g/mol. The van der Waals surface area contributed by atoms with Crippen molar-refractivity contribution in [3.63, 3.8) is 0 Å². The van der Waals surface area contributed by atoms with Crippen LogP contribution in [0.3, 0.4) is 0 Å². The summed E-state index contributed by atoms with van der Waals surface area (Å²) in [7, 11) is 0. The first-order valence-corrected chi connectivity index (χ1v) is 10.1. The predicted octanol–water partition coefficient (Wildman–Crippen LogP) is 3.57. The third kappa shape index (κ3) is 6.07. The van der Waals surface area contributed by atoms with Crippen molar-refractivity contribution in [1.29, 1.82) is 0 Å². The van der Waals surface area contributed by atoms with E-state index in [0.717, 1.165) is 35.7 Å². The highest BCUT2D eigenvalue weighted by atomic mass is 32.2. The maximum atomic E-state index is 12.9. The quantitative estimate of drug-likeness (QED) is 0.539. The lowest BCUT2D eigenvalue weighted by Gasteiger charge is -2.12. The van der Waals surface area contributed by atoms with Gasteiger partial charge in [0.1, 0.15) is 5.82 Å². The molecule has 2 aromatic carbocycles. The molecule has 0 aliphatic carbocycles. The van der Waals surface area contributed by atoms with Gasteiger partial charge in [-0.1, -0.05) is 24.3 Å². The van der Waals surface area contributed by atoms with Crippen molar-refractivity contribution in [2.45, 2.75) is 30.4 Å². The number of esters is 1. The Balaban J connectivity index is 1.47. The molecule has 1 saturated heterocycles. The third-order valence-electron chi connectivity index (χ3n) is 4.29. The van der Waals surface area contributed by atoms with Crippen LogP contribution >= 0.6 is 11.8 Å². The molecule has 1 fully saturated rings. The maximum absolute atomic E-state index is 12.9. The highest BCUT2D eigenvalue weighted by Gasteiger charge is 2.19. The molecule has 3 rings (SSSR count). The minimum atomic E-state index is -0.535. The Morgan fingerprint density at radius 3 is 2.71 bits per heavy atom. The van der Waals surface area contributed by atoms with Crippen LogP contribution in [0.4, 0.5) is 4.39 Å². The fraction of sp³-hybridized carbons (Fsp3) is 0.333. The maximum Gasteiger partial charge on any atom is 0.339 e. The van der Waals surface area contributed by atoms with Crippen molar-refractivity contribution in [3.05, 3.63) is 65.5 Å². The van der Waals surface area contributed by atoms with Crippen LogP contribution < -0.4 is 5.32 Å². The van der Waals surface area contributed by atoms with Gasteiger partial charge in [-0.2, -0.15) is 0 Å². The van der Waals surface area contributed by atoms with E-state index < -0.39 is 11.9 Å². The van der Waals surface area contributed by atoms with E-state index in [4.69, 9.17) is 9.47 Å². The minimum Gasteiger partial charge on any atom is -0.452 e. The van der Waals surface area contributed by atoms with Crippen LogP contribution in [0.15, 0.2) is 53.4 Å². The molecule has 0 radical (unpaired) electrons. The fourth-order valence-electron chi connectivity index (χ4n) is 2.78. The van der Waals surface area contributed by atoms with E-state index in [-0.39, 0.29) is 25.1 Å². The van der Waals surface area contributed by atoms with Gasteiger partial charge < -0.3 is 14.8 Å². The standard InChI is InChI=1S/C21H22FNO4S/c22-16-9-7-15(8-10-16)12-23-20(24)13-27-21(25)18-5-1-2-6-19(18)28-14-17-4-3-11-26-17/h1-2,5-10,17H,3-4,11-14H2,(H,23,24)/t17-/m1/s1. The molecule has 0 unspecified atom stereocenters. The Hall–Kier alpha value is -2.38. The summed E-state index contributed by atoms with van der Waals surface area (Å²) in [6, 6.07) is 13.0. The number of amides is 1. The molecule has 0 aromatic heterocycles. The summed E-state index contributed by atoms with van der Waals surface area (Å²) < 4.78 is 23.6. The molecule has 1 amide bonds. The van der Waals surface area contributed by atoms with E-state index in [1.54, 1.807) is 36.0 Å². The molecule has 148 valence electrons. The molecule has 5 nitrogen and oxygen atoms in total.